The third kappa shape index (κ3) is 3.45. The molecule has 2 aromatic heterocycles. The molecule has 148 valence electrons. The van der Waals surface area contributed by atoms with Crippen molar-refractivity contribution in [1.82, 2.24) is 19.7 Å². The first-order valence-electron chi connectivity index (χ1n) is 8.76. The lowest BCUT2D eigenvalue weighted by Crippen LogP contribution is -2.13. The molecule has 0 radical (unpaired) electrons. The van der Waals surface area contributed by atoms with E-state index < -0.39 is 22.7 Å². The molecule has 1 aliphatic heterocycles. The zero-order valence-corrected chi connectivity index (χ0v) is 16.5. The summed E-state index contributed by atoms with van der Waals surface area (Å²) in [6.07, 6.45) is 0.823. The third-order valence-electron chi connectivity index (χ3n) is 4.70. The standard InChI is InChI=1S/C19H17FN6O2S/c1-10-13-5-12(20)4-3-11(13)8-29(27)9-15-17(16(6-21)26(2)25-15)14-7-23-18(22)19(24-14)28-10/h3-5,7,10H,8-9H2,1-2H3,(H2,22,23). The van der Waals surface area contributed by atoms with E-state index in [0.717, 1.165) is 0 Å². The zero-order chi connectivity index (χ0) is 20.7. The van der Waals surface area contributed by atoms with Gasteiger partial charge in [0.15, 0.2) is 5.82 Å². The molecule has 0 fully saturated rings. The highest BCUT2D eigenvalue weighted by molar-refractivity contribution is 7.83. The van der Waals surface area contributed by atoms with Gasteiger partial charge in [0.1, 0.15) is 23.7 Å². The quantitative estimate of drug-likeness (QED) is 0.602. The van der Waals surface area contributed by atoms with E-state index in [2.05, 4.69) is 21.1 Å². The number of nitrogen functional groups attached to an aromatic ring is 1. The number of anilines is 1. The van der Waals surface area contributed by atoms with Gasteiger partial charge in [-0.05, 0) is 30.2 Å². The van der Waals surface area contributed by atoms with Crippen LogP contribution >= 0.6 is 0 Å². The summed E-state index contributed by atoms with van der Waals surface area (Å²) < 4.78 is 34.1. The summed E-state index contributed by atoms with van der Waals surface area (Å²) in [7, 11) is 0.278. The minimum Gasteiger partial charge on any atom is -0.467 e. The van der Waals surface area contributed by atoms with Crippen LogP contribution in [0.3, 0.4) is 0 Å². The van der Waals surface area contributed by atoms with Crippen molar-refractivity contribution in [2.24, 2.45) is 7.05 Å². The van der Waals surface area contributed by atoms with Crippen molar-refractivity contribution in [3.05, 3.63) is 52.7 Å². The normalized spacial score (nSPS) is 18.4. The molecule has 0 saturated heterocycles. The fourth-order valence-electron chi connectivity index (χ4n) is 3.35. The summed E-state index contributed by atoms with van der Waals surface area (Å²) in [5, 5.41) is 13.9. The summed E-state index contributed by atoms with van der Waals surface area (Å²) in [6, 6.07) is 6.38. The van der Waals surface area contributed by atoms with Crippen molar-refractivity contribution in [2.75, 3.05) is 5.73 Å². The average molecular weight is 412 g/mol. The Morgan fingerprint density at radius 3 is 2.97 bits per heavy atom. The molecule has 2 atom stereocenters. The van der Waals surface area contributed by atoms with Crippen LogP contribution in [0.4, 0.5) is 10.2 Å². The van der Waals surface area contributed by atoms with Gasteiger partial charge in [0, 0.05) is 23.6 Å². The second-order valence-corrected chi connectivity index (χ2v) is 8.14. The maximum absolute atomic E-state index is 13.9. The number of aryl methyl sites for hydroxylation is 1. The van der Waals surface area contributed by atoms with E-state index in [-0.39, 0.29) is 28.9 Å². The number of benzene rings is 1. The van der Waals surface area contributed by atoms with Crippen molar-refractivity contribution < 1.29 is 13.3 Å². The molecule has 2 N–H and O–H groups in total. The van der Waals surface area contributed by atoms with E-state index in [4.69, 9.17) is 10.5 Å². The van der Waals surface area contributed by atoms with E-state index in [0.29, 0.717) is 28.1 Å². The van der Waals surface area contributed by atoms with Crippen molar-refractivity contribution in [2.45, 2.75) is 24.5 Å². The summed E-state index contributed by atoms with van der Waals surface area (Å²) in [6.45, 7) is 1.73. The van der Waals surface area contributed by atoms with Gasteiger partial charge in [0.2, 0.25) is 0 Å². The lowest BCUT2D eigenvalue weighted by Gasteiger charge is -2.19. The van der Waals surface area contributed by atoms with E-state index >= 15 is 0 Å². The van der Waals surface area contributed by atoms with Crippen molar-refractivity contribution >= 4 is 16.6 Å². The van der Waals surface area contributed by atoms with Gasteiger partial charge in [-0.3, -0.25) is 8.89 Å². The molecule has 0 saturated carbocycles. The van der Waals surface area contributed by atoms with Crippen LogP contribution in [-0.4, -0.2) is 24.0 Å². The number of rotatable bonds is 0. The number of fused-ring (bicyclic) bond motifs is 5. The first kappa shape index (κ1) is 19.0. The maximum atomic E-state index is 13.9. The van der Waals surface area contributed by atoms with Gasteiger partial charge < -0.3 is 10.5 Å². The van der Waals surface area contributed by atoms with Gasteiger partial charge in [0.25, 0.3) is 5.88 Å². The van der Waals surface area contributed by atoms with Crippen LogP contribution in [-0.2, 0) is 29.4 Å². The molecule has 1 aliphatic rings. The molecule has 29 heavy (non-hydrogen) atoms. The molecule has 0 aliphatic carbocycles. The van der Waals surface area contributed by atoms with Gasteiger partial charge in [-0.2, -0.15) is 10.4 Å². The number of halogens is 1. The SMILES string of the molecule is CC1Oc2nc(cnc2N)-c2c(nn(C)c2C#N)CS(=O)Cc2ccc(F)cc21. The maximum Gasteiger partial charge on any atom is 0.258 e. The van der Waals surface area contributed by atoms with Crippen LogP contribution < -0.4 is 10.5 Å². The molecule has 3 aromatic rings. The fraction of sp³-hybridized carbons (Fsp3) is 0.263. The Labute approximate surface area is 168 Å². The summed E-state index contributed by atoms with van der Waals surface area (Å²) in [5.74, 6) is 0.0264. The summed E-state index contributed by atoms with van der Waals surface area (Å²) >= 11 is 0. The number of ether oxygens (including phenoxy) is 1. The molecule has 1 aromatic carbocycles. The molecule has 4 rings (SSSR count). The molecule has 8 nitrogen and oxygen atoms in total. The van der Waals surface area contributed by atoms with Crippen LogP contribution in [0.15, 0.2) is 24.4 Å². The molecular formula is C19H17FN6O2S. The van der Waals surface area contributed by atoms with Crippen LogP contribution in [0.5, 0.6) is 5.88 Å². The van der Waals surface area contributed by atoms with Crippen LogP contribution in [0.2, 0.25) is 0 Å². The van der Waals surface area contributed by atoms with Gasteiger partial charge >= 0.3 is 0 Å². The highest BCUT2D eigenvalue weighted by atomic mass is 32.2. The van der Waals surface area contributed by atoms with Crippen LogP contribution in [0, 0.1) is 17.1 Å². The summed E-state index contributed by atoms with van der Waals surface area (Å²) in [4.78, 5) is 8.57. The smallest absolute Gasteiger partial charge is 0.258 e. The van der Waals surface area contributed by atoms with Crippen molar-refractivity contribution in [1.29, 1.82) is 5.26 Å². The lowest BCUT2D eigenvalue weighted by molar-refractivity contribution is 0.217. The monoisotopic (exact) mass is 412 g/mol. The number of hydrogen-bond donors (Lipinski definition) is 1. The Morgan fingerprint density at radius 1 is 1.41 bits per heavy atom. The molecule has 0 amide bonds. The van der Waals surface area contributed by atoms with Crippen molar-refractivity contribution in [3.63, 3.8) is 0 Å². The largest absolute Gasteiger partial charge is 0.467 e. The number of aromatic nitrogens is 4. The Hall–Kier alpha value is -3.32. The van der Waals surface area contributed by atoms with E-state index in [9.17, 15) is 13.9 Å². The highest BCUT2D eigenvalue weighted by Crippen LogP contribution is 2.33. The molecular weight excluding hydrogens is 395 g/mol. The Kier molecular flexibility index (Phi) is 4.76. The Bertz CT molecular complexity index is 1190. The topological polar surface area (TPSA) is 120 Å². The minimum absolute atomic E-state index is 0.0723. The molecule has 10 heteroatoms. The first-order chi connectivity index (χ1) is 13.9. The van der Waals surface area contributed by atoms with Gasteiger partial charge in [-0.15, -0.1) is 0 Å². The molecule has 2 unspecified atom stereocenters. The van der Waals surface area contributed by atoms with Gasteiger partial charge in [-0.25, -0.2) is 14.4 Å². The van der Waals surface area contributed by atoms with Gasteiger partial charge in [-0.1, -0.05) is 6.07 Å². The van der Waals surface area contributed by atoms with Gasteiger partial charge in [0.05, 0.1) is 28.9 Å². The van der Waals surface area contributed by atoms with Crippen LogP contribution in [0.1, 0.15) is 35.5 Å². The number of nitrogens with zero attached hydrogens (tertiary/aromatic N) is 5. The minimum atomic E-state index is -1.36. The Morgan fingerprint density at radius 2 is 2.21 bits per heavy atom. The lowest BCUT2D eigenvalue weighted by atomic mass is 10.0. The van der Waals surface area contributed by atoms with Crippen LogP contribution in [0.25, 0.3) is 11.3 Å². The Balaban J connectivity index is 1.94. The van der Waals surface area contributed by atoms with E-state index in [1.54, 1.807) is 20.0 Å². The zero-order valence-electron chi connectivity index (χ0n) is 15.7. The number of nitrogens with two attached hydrogens (primary N) is 1. The predicted octanol–water partition coefficient (Wildman–Crippen LogP) is 2.37. The highest BCUT2D eigenvalue weighted by Gasteiger charge is 2.25. The second-order valence-electron chi connectivity index (χ2n) is 6.68. The predicted molar refractivity (Wildman–Crippen MR) is 104 cm³/mol. The average Bonchev–Trinajstić information content (AvgIpc) is 2.98. The fourth-order valence-corrected chi connectivity index (χ4v) is 4.57. The van der Waals surface area contributed by atoms with E-state index in [1.807, 2.05) is 0 Å². The third-order valence-corrected chi connectivity index (χ3v) is 5.93. The first-order valence-corrected chi connectivity index (χ1v) is 10.2. The number of nitriles is 1. The van der Waals surface area contributed by atoms with E-state index in [1.165, 1.54) is 23.0 Å². The van der Waals surface area contributed by atoms with Crippen molar-refractivity contribution in [3.8, 4) is 23.2 Å². The molecule has 2 bridgehead atoms. The number of hydrogen-bond acceptors (Lipinski definition) is 7. The summed E-state index contributed by atoms with van der Waals surface area (Å²) in [5.41, 5.74) is 8.72. The molecule has 3 heterocycles. The second kappa shape index (κ2) is 7.25. The molecule has 0 spiro atoms.